The van der Waals surface area contributed by atoms with Crippen LogP contribution < -0.4 is 0 Å². The summed E-state index contributed by atoms with van der Waals surface area (Å²) in [4.78, 5) is 31.6. The van der Waals surface area contributed by atoms with Crippen molar-refractivity contribution in [2.75, 3.05) is 12.9 Å². The number of aromatic amines is 1. The maximum Gasteiger partial charge on any atom is 0.339 e. The standard InChI is InChI=1S/C17H15ClN2O4S/c1-8-14(16(22)23-3)9(2)19-15(8)12(21)7-25-17-20-11-6-10(18)4-5-13(11)24-17/h4-6,19H,7H2,1-3H3. The number of ketones is 1. The first-order valence-electron chi connectivity index (χ1n) is 7.40. The monoisotopic (exact) mass is 378 g/mol. The molecule has 0 amide bonds. The van der Waals surface area contributed by atoms with Crippen molar-refractivity contribution in [2.24, 2.45) is 0 Å². The van der Waals surface area contributed by atoms with Crippen LogP contribution in [0.25, 0.3) is 11.1 Å². The Morgan fingerprint density at radius 3 is 2.84 bits per heavy atom. The summed E-state index contributed by atoms with van der Waals surface area (Å²) >= 11 is 7.11. The number of aromatic nitrogens is 2. The van der Waals surface area contributed by atoms with Gasteiger partial charge in [-0.05, 0) is 37.6 Å². The lowest BCUT2D eigenvalue weighted by Gasteiger charge is -2.00. The van der Waals surface area contributed by atoms with Crippen molar-refractivity contribution in [1.82, 2.24) is 9.97 Å². The second-order valence-corrected chi connectivity index (χ2v) is 6.78. The van der Waals surface area contributed by atoms with Crippen LogP contribution in [-0.2, 0) is 4.74 Å². The van der Waals surface area contributed by atoms with Gasteiger partial charge in [0.2, 0.25) is 0 Å². The fourth-order valence-electron chi connectivity index (χ4n) is 2.58. The summed E-state index contributed by atoms with van der Waals surface area (Å²) in [5.41, 5.74) is 3.23. The molecular formula is C17H15ClN2O4S. The van der Waals surface area contributed by atoms with Crippen molar-refractivity contribution in [2.45, 2.75) is 19.1 Å². The zero-order chi connectivity index (χ0) is 18.1. The minimum absolute atomic E-state index is 0.127. The van der Waals surface area contributed by atoms with Gasteiger partial charge in [-0.1, -0.05) is 23.4 Å². The number of ether oxygens (including phenoxy) is 1. The zero-order valence-corrected chi connectivity index (χ0v) is 15.4. The number of methoxy groups -OCH3 is 1. The highest BCUT2D eigenvalue weighted by Crippen LogP contribution is 2.27. The van der Waals surface area contributed by atoms with Crippen LogP contribution in [0.1, 0.15) is 32.1 Å². The van der Waals surface area contributed by atoms with Crippen molar-refractivity contribution < 1.29 is 18.7 Å². The van der Waals surface area contributed by atoms with Crippen molar-refractivity contribution in [1.29, 1.82) is 0 Å². The summed E-state index contributed by atoms with van der Waals surface area (Å²) in [5.74, 6) is -0.489. The molecule has 0 atom stereocenters. The van der Waals surface area contributed by atoms with Gasteiger partial charge < -0.3 is 14.1 Å². The molecule has 0 fully saturated rings. The number of hydrogen-bond donors (Lipinski definition) is 1. The average Bonchev–Trinajstić information content (AvgIpc) is 3.11. The van der Waals surface area contributed by atoms with Crippen molar-refractivity contribution in [3.8, 4) is 0 Å². The molecule has 25 heavy (non-hydrogen) atoms. The lowest BCUT2D eigenvalue weighted by atomic mass is 10.1. The number of H-pyrrole nitrogens is 1. The van der Waals surface area contributed by atoms with Crippen molar-refractivity contribution in [3.05, 3.63) is 45.7 Å². The third-order valence-corrected chi connectivity index (χ3v) is 4.83. The molecule has 1 N–H and O–H groups in total. The number of oxazole rings is 1. The topological polar surface area (TPSA) is 85.2 Å². The molecule has 2 aromatic heterocycles. The van der Waals surface area contributed by atoms with E-state index in [1.165, 1.54) is 18.9 Å². The molecule has 3 aromatic rings. The van der Waals surface area contributed by atoms with E-state index >= 15 is 0 Å². The Balaban J connectivity index is 1.77. The Morgan fingerprint density at radius 1 is 1.36 bits per heavy atom. The molecule has 0 aliphatic rings. The number of fused-ring (bicyclic) bond motifs is 1. The third-order valence-electron chi connectivity index (χ3n) is 3.76. The number of nitrogens with one attached hydrogen (secondary N) is 1. The Hall–Kier alpha value is -2.25. The van der Waals surface area contributed by atoms with Crippen LogP contribution in [0.2, 0.25) is 5.02 Å². The van der Waals surface area contributed by atoms with Gasteiger partial charge in [0.1, 0.15) is 5.52 Å². The molecule has 130 valence electrons. The van der Waals surface area contributed by atoms with Crippen LogP contribution in [-0.4, -0.2) is 34.6 Å². The van der Waals surface area contributed by atoms with E-state index in [0.717, 1.165) is 0 Å². The molecule has 0 saturated heterocycles. The predicted molar refractivity (Wildman–Crippen MR) is 95.7 cm³/mol. The van der Waals surface area contributed by atoms with Gasteiger partial charge in [-0.3, -0.25) is 4.79 Å². The molecule has 3 rings (SSSR count). The van der Waals surface area contributed by atoms with E-state index in [-0.39, 0.29) is 11.5 Å². The highest BCUT2D eigenvalue weighted by atomic mass is 35.5. The van der Waals surface area contributed by atoms with E-state index in [4.69, 9.17) is 20.8 Å². The maximum atomic E-state index is 12.5. The van der Waals surface area contributed by atoms with Gasteiger partial charge in [-0.15, -0.1) is 0 Å². The second kappa shape index (κ2) is 6.93. The summed E-state index contributed by atoms with van der Waals surface area (Å²) in [6.07, 6.45) is 0. The maximum absolute atomic E-state index is 12.5. The lowest BCUT2D eigenvalue weighted by Crippen LogP contribution is -2.07. The summed E-state index contributed by atoms with van der Waals surface area (Å²) in [5, 5.41) is 0.959. The minimum Gasteiger partial charge on any atom is -0.465 e. The van der Waals surface area contributed by atoms with E-state index in [1.807, 2.05) is 0 Å². The molecule has 0 aliphatic carbocycles. The van der Waals surface area contributed by atoms with Gasteiger partial charge in [-0.2, -0.15) is 0 Å². The van der Waals surface area contributed by atoms with Gasteiger partial charge in [-0.25, -0.2) is 9.78 Å². The van der Waals surface area contributed by atoms with E-state index in [2.05, 4.69) is 9.97 Å². The summed E-state index contributed by atoms with van der Waals surface area (Å²) in [6.45, 7) is 3.45. The first-order chi connectivity index (χ1) is 11.9. The van der Waals surface area contributed by atoms with Crippen LogP contribution in [0, 0.1) is 13.8 Å². The molecule has 2 heterocycles. The Kier molecular flexibility index (Phi) is 4.87. The van der Waals surface area contributed by atoms with Crippen molar-refractivity contribution >= 4 is 46.2 Å². The first kappa shape index (κ1) is 17.6. The molecule has 0 unspecified atom stereocenters. The van der Waals surface area contributed by atoms with Crippen LogP contribution in [0.3, 0.4) is 0 Å². The molecule has 0 bridgehead atoms. The van der Waals surface area contributed by atoms with E-state index < -0.39 is 5.97 Å². The number of hydrogen-bond acceptors (Lipinski definition) is 6. The summed E-state index contributed by atoms with van der Waals surface area (Å²) < 4.78 is 10.3. The zero-order valence-electron chi connectivity index (χ0n) is 13.8. The molecule has 0 aliphatic heterocycles. The number of nitrogens with zero attached hydrogens (tertiary/aromatic N) is 1. The molecule has 0 radical (unpaired) electrons. The van der Waals surface area contributed by atoms with Crippen LogP contribution in [0.15, 0.2) is 27.8 Å². The Morgan fingerprint density at radius 2 is 2.12 bits per heavy atom. The number of carbonyl (C=O) groups excluding carboxylic acids is 2. The van der Waals surface area contributed by atoms with Gasteiger partial charge >= 0.3 is 5.97 Å². The van der Waals surface area contributed by atoms with Crippen LogP contribution in [0.4, 0.5) is 0 Å². The molecule has 1 aromatic carbocycles. The number of Topliss-reactive ketones (excluding diaryl/α,β-unsaturated/α-hetero) is 1. The summed E-state index contributed by atoms with van der Waals surface area (Å²) in [6, 6.07) is 5.15. The lowest BCUT2D eigenvalue weighted by molar-refractivity contribution is 0.0599. The second-order valence-electron chi connectivity index (χ2n) is 5.42. The SMILES string of the molecule is COC(=O)c1c(C)[nH]c(C(=O)CSc2nc3cc(Cl)ccc3o2)c1C. The number of benzene rings is 1. The third kappa shape index (κ3) is 3.43. The number of halogens is 1. The number of thioether (sulfide) groups is 1. The highest BCUT2D eigenvalue weighted by molar-refractivity contribution is 7.99. The van der Waals surface area contributed by atoms with Crippen LogP contribution in [0.5, 0.6) is 0 Å². The number of rotatable bonds is 5. The number of aryl methyl sites for hydroxylation is 1. The average molecular weight is 379 g/mol. The number of esters is 1. The highest BCUT2D eigenvalue weighted by Gasteiger charge is 2.22. The molecule has 0 spiro atoms. The van der Waals surface area contributed by atoms with Gasteiger partial charge in [0.25, 0.3) is 5.22 Å². The largest absolute Gasteiger partial charge is 0.465 e. The number of carbonyl (C=O) groups is 2. The smallest absolute Gasteiger partial charge is 0.339 e. The van der Waals surface area contributed by atoms with Gasteiger partial charge in [0, 0.05) is 10.7 Å². The van der Waals surface area contributed by atoms with E-state index in [1.54, 1.807) is 32.0 Å². The molecule has 8 heteroatoms. The summed E-state index contributed by atoms with van der Waals surface area (Å²) in [7, 11) is 1.31. The van der Waals surface area contributed by atoms with E-state index in [9.17, 15) is 9.59 Å². The quantitative estimate of drug-likeness (QED) is 0.407. The van der Waals surface area contributed by atoms with Crippen molar-refractivity contribution in [3.63, 3.8) is 0 Å². The van der Waals surface area contributed by atoms with Gasteiger partial charge in [0.15, 0.2) is 11.4 Å². The van der Waals surface area contributed by atoms with Crippen LogP contribution >= 0.6 is 23.4 Å². The fraction of sp³-hybridized carbons (Fsp3) is 0.235. The van der Waals surface area contributed by atoms with E-state index in [0.29, 0.717) is 43.9 Å². The fourth-order valence-corrected chi connectivity index (χ4v) is 3.45. The Bertz CT molecular complexity index is 977. The normalized spacial score (nSPS) is 11.0. The first-order valence-corrected chi connectivity index (χ1v) is 8.76. The molecular weight excluding hydrogens is 364 g/mol. The Labute approximate surface area is 152 Å². The minimum atomic E-state index is -0.464. The predicted octanol–water partition coefficient (Wildman–Crippen LogP) is 4.19. The molecule has 0 saturated carbocycles. The molecule has 6 nitrogen and oxygen atoms in total. The van der Waals surface area contributed by atoms with Gasteiger partial charge in [0.05, 0.1) is 24.1 Å².